The summed E-state index contributed by atoms with van der Waals surface area (Å²) < 4.78 is 2.48. The molecule has 0 bridgehead atoms. The lowest BCUT2D eigenvalue weighted by Gasteiger charge is -2.37. The van der Waals surface area contributed by atoms with Crippen LogP contribution in [0, 0.1) is 12.8 Å². The number of hydrogen-bond acceptors (Lipinski definition) is 2. The van der Waals surface area contributed by atoms with Gasteiger partial charge in [0.05, 0.1) is 17.1 Å². The molecule has 0 saturated heterocycles. The first-order valence-electron chi connectivity index (χ1n) is 8.35. The molecule has 3 atom stereocenters. The van der Waals surface area contributed by atoms with Gasteiger partial charge in [-0.1, -0.05) is 31.9 Å². The maximum absolute atomic E-state index is 4.76. The molecule has 3 nitrogen and oxygen atoms in total. The van der Waals surface area contributed by atoms with Crippen molar-refractivity contribution in [2.75, 3.05) is 7.05 Å². The molecule has 1 fully saturated rings. The molecule has 3 unspecified atom stereocenters. The van der Waals surface area contributed by atoms with Crippen LogP contribution in [0.2, 0.25) is 0 Å². The SMILES string of the molecule is CCCC1CCC(NC)C(n2c(C)nc3ccccc32)C1. The van der Waals surface area contributed by atoms with Crippen LogP contribution in [-0.2, 0) is 0 Å². The summed E-state index contributed by atoms with van der Waals surface area (Å²) in [5, 5.41) is 3.55. The second-order valence-corrected chi connectivity index (χ2v) is 6.45. The molecule has 1 aliphatic carbocycles. The Morgan fingerprint density at radius 1 is 1.29 bits per heavy atom. The number of hydrogen-bond donors (Lipinski definition) is 1. The number of aromatic nitrogens is 2. The van der Waals surface area contributed by atoms with Crippen molar-refractivity contribution < 1.29 is 0 Å². The second-order valence-electron chi connectivity index (χ2n) is 6.45. The molecule has 114 valence electrons. The van der Waals surface area contributed by atoms with Crippen molar-refractivity contribution in [3.63, 3.8) is 0 Å². The number of para-hydroxylation sites is 2. The summed E-state index contributed by atoms with van der Waals surface area (Å²) >= 11 is 0. The Hall–Kier alpha value is -1.35. The van der Waals surface area contributed by atoms with Crippen LogP contribution in [0.4, 0.5) is 0 Å². The lowest BCUT2D eigenvalue weighted by atomic mass is 9.80. The number of likely N-dealkylation sites (N-methyl/N-ethyl adjacent to an activating group) is 1. The van der Waals surface area contributed by atoms with E-state index < -0.39 is 0 Å². The fourth-order valence-electron chi connectivity index (χ4n) is 4.11. The predicted octanol–water partition coefficient (Wildman–Crippen LogP) is 4.07. The second kappa shape index (κ2) is 6.18. The van der Waals surface area contributed by atoms with E-state index in [4.69, 9.17) is 4.98 Å². The minimum Gasteiger partial charge on any atom is -0.324 e. The highest BCUT2D eigenvalue weighted by atomic mass is 15.1. The number of rotatable bonds is 4. The first-order chi connectivity index (χ1) is 10.2. The summed E-state index contributed by atoms with van der Waals surface area (Å²) in [5.74, 6) is 2.02. The van der Waals surface area contributed by atoms with E-state index in [2.05, 4.69) is 55.0 Å². The molecular formula is C18H27N3. The standard InChI is InChI=1S/C18H27N3/c1-4-7-14-10-11-15(19-3)18(12-14)21-13(2)20-16-8-5-6-9-17(16)21/h5-6,8-9,14-15,18-19H,4,7,10-12H2,1-3H3. The summed E-state index contributed by atoms with van der Waals surface area (Å²) in [7, 11) is 2.10. The van der Waals surface area contributed by atoms with Crippen LogP contribution in [0.15, 0.2) is 24.3 Å². The molecule has 1 aromatic heterocycles. The Morgan fingerprint density at radius 2 is 2.10 bits per heavy atom. The van der Waals surface area contributed by atoms with E-state index in [0.717, 1.165) is 17.3 Å². The summed E-state index contributed by atoms with van der Waals surface area (Å²) in [6.07, 6.45) is 6.57. The number of nitrogens with zero attached hydrogens (tertiary/aromatic N) is 2. The number of aryl methyl sites for hydroxylation is 1. The zero-order chi connectivity index (χ0) is 14.8. The van der Waals surface area contributed by atoms with Gasteiger partial charge in [-0.2, -0.15) is 0 Å². The lowest BCUT2D eigenvalue weighted by Crippen LogP contribution is -2.40. The van der Waals surface area contributed by atoms with Gasteiger partial charge in [-0.25, -0.2) is 4.98 Å². The Labute approximate surface area is 127 Å². The van der Waals surface area contributed by atoms with Gasteiger partial charge < -0.3 is 9.88 Å². The molecule has 0 radical (unpaired) electrons. The van der Waals surface area contributed by atoms with E-state index in [1.54, 1.807) is 0 Å². The van der Waals surface area contributed by atoms with Crippen molar-refractivity contribution in [2.24, 2.45) is 5.92 Å². The van der Waals surface area contributed by atoms with E-state index in [0.29, 0.717) is 12.1 Å². The summed E-state index contributed by atoms with van der Waals surface area (Å²) in [6, 6.07) is 9.64. The normalized spacial score (nSPS) is 26.3. The van der Waals surface area contributed by atoms with Gasteiger partial charge in [-0.15, -0.1) is 0 Å². The van der Waals surface area contributed by atoms with Crippen molar-refractivity contribution >= 4 is 11.0 Å². The predicted molar refractivity (Wildman–Crippen MR) is 88.6 cm³/mol. The van der Waals surface area contributed by atoms with Crippen molar-refractivity contribution in [2.45, 2.75) is 58.0 Å². The quantitative estimate of drug-likeness (QED) is 0.917. The molecular weight excluding hydrogens is 258 g/mol. The van der Waals surface area contributed by atoms with Crippen LogP contribution in [0.25, 0.3) is 11.0 Å². The average molecular weight is 285 g/mol. The molecule has 1 aromatic carbocycles. The zero-order valence-corrected chi connectivity index (χ0v) is 13.5. The molecule has 1 aliphatic rings. The molecule has 1 saturated carbocycles. The van der Waals surface area contributed by atoms with Crippen molar-refractivity contribution in [1.29, 1.82) is 0 Å². The molecule has 1 heterocycles. The first-order valence-corrected chi connectivity index (χ1v) is 8.35. The maximum Gasteiger partial charge on any atom is 0.107 e. The van der Waals surface area contributed by atoms with Crippen LogP contribution < -0.4 is 5.32 Å². The van der Waals surface area contributed by atoms with E-state index in [1.807, 2.05) is 0 Å². The van der Waals surface area contributed by atoms with Crippen LogP contribution in [-0.4, -0.2) is 22.6 Å². The van der Waals surface area contributed by atoms with Gasteiger partial charge in [-0.05, 0) is 51.3 Å². The smallest absolute Gasteiger partial charge is 0.107 e. The number of benzene rings is 1. The third-order valence-corrected chi connectivity index (χ3v) is 5.10. The molecule has 0 aliphatic heterocycles. The average Bonchev–Trinajstić information content (AvgIpc) is 2.83. The highest BCUT2D eigenvalue weighted by Crippen LogP contribution is 2.37. The van der Waals surface area contributed by atoms with Crippen LogP contribution in [0.5, 0.6) is 0 Å². The molecule has 0 spiro atoms. The molecule has 21 heavy (non-hydrogen) atoms. The third-order valence-electron chi connectivity index (χ3n) is 5.10. The monoisotopic (exact) mass is 285 g/mol. The van der Waals surface area contributed by atoms with E-state index in [-0.39, 0.29) is 0 Å². The Balaban J connectivity index is 1.99. The maximum atomic E-state index is 4.76. The fraction of sp³-hybridized carbons (Fsp3) is 0.611. The molecule has 3 heteroatoms. The van der Waals surface area contributed by atoms with Crippen molar-refractivity contribution in [3.8, 4) is 0 Å². The van der Waals surface area contributed by atoms with Gasteiger partial charge in [-0.3, -0.25) is 0 Å². The van der Waals surface area contributed by atoms with Gasteiger partial charge in [0.25, 0.3) is 0 Å². The molecule has 3 rings (SSSR count). The van der Waals surface area contributed by atoms with E-state index in [1.165, 1.54) is 37.6 Å². The highest BCUT2D eigenvalue weighted by Gasteiger charge is 2.32. The lowest BCUT2D eigenvalue weighted by molar-refractivity contribution is 0.205. The van der Waals surface area contributed by atoms with Crippen LogP contribution in [0.3, 0.4) is 0 Å². The number of nitrogens with one attached hydrogen (secondary N) is 1. The van der Waals surface area contributed by atoms with E-state index in [9.17, 15) is 0 Å². The first kappa shape index (κ1) is 14.6. The van der Waals surface area contributed by atoms with Gasteiger partial charge in [0.15, 0.2) is 0 Å². The summed E-state index contributed by atoms with van der Waals surface area (Å²) in [5.41, 5.74) is 2.42. The third kappa shape index (κ3) is 2.71. The molecule has 2 aromatic rings. The van der Waals surface area contributed by atoms with Crippen molar-refractivity contribution in [1.82, 2.24) is 14.9 Å². The fourth-order valence-corrected chi connectivity index (χ4v) is 4.11. The van der Waals surface area contributed by atoms with Gasteiger partial charge >= 0.3 is 0 Å². The molecule has 0 amide bonds. The zero-order valence-electron chi connectivity index (χ0n) is 13.5. The van der Waals surface area contributed by atoms with Gasteiger partial charge in [0, 0.05) is 6.04 Å². The minimum atomic E-state index is 0.535. The van der Waals surface area contributed by atoms with Gasteiger partial charge in [0.2, 0.25) is 0 Å². The Bertz CT molecular complexity index is 602. The highest BCUT2D eigenvalue weighted by molar-refractivity contribution is 5.76. The topological polar surface area (TPSA) is 29.9 Å². The number of fused-ring (bicyclic) bond motifs is 1. The van der Waals surface area contributed by atoms with Crippen molar-refractivity contribution in [3.05, 3.63) is 30.1 Å². The molecule has 1 N–H and O–H groups in total. The Morgan fingerprint density at radius 3 is 2.86 bits per heavy atom. The van der Waals surface area contributed by atoms with Crippen LogP contribution in [0.1, 0.15) is 50.9 Å². The van der Waals surface area contributed by atoms with E-state index >= 15 is 0 Å². The Kier molecular flexibility index (Phi) is 4.29. The van der Waals surface area contributed by atoms with Crippen LogP contribution >= 0.6 is 0 Å². The largest absolute Gasteiger partial charge is 0.324 e. The number of imidazole rings is 1. The van der Waals surface area contributed by atoms with Gasteiger partial charge in [0.1, 0.15) is 5.82 Å². The minimum absolute atomic E-state index is 0.535. The summed E-state index contributed by atoms with van der Waals surface area (Å²) in [6.45, 7) is 4.45. The summed E-state index contributed by atoms with van der Waals surface area (Å²) in [4.78, 5) is 4.76.